The molecule has 2 bridgehead atoms. The van der Waals surface area contributed by atoms with Crippen LogP contribution in [0.15, 0.2) is 17.2 Å². The van der Waals surface area contributed by atoms with Crippen molar-refractivity contribution in [1.29, 1.82) is 0 Å². The van der Waals surface area contributed by atoms with Crippen molar-refractivity contribution < 1.29 is 0 Å². The highest BCUT2D eigenvalue weighted by Crippen LogP contribution is 2.33. The molecule has 0 aromatic carbocycles. The van der Waals surface area contributed by atoms with Gasteiger partial charge in [0.25, 0.3) is 0 Å². The van der Waals surface area contributed by atoms with Crippen LogP contribution in [0.3, 0.4) is 0 Å². The van der Waals surface area contributed by atoms with E-state index in [4.69, 9.17) is 0 Å². The van der Waals surface area contributed by atoms with Crippen LogP contribution < -0.4 is 0 Å². The van der Waals surface area contributed by atoms with Crippen molar-refractivity contribution in [2.24, 2.45) is 5.92 Å². The molecule has 2 unspecified atom stereocenters. The molecular formula is C10H12N2S. The summed E-state index contributed by atoms with van der Waals surface area (Å²) in [6.07, 6.45) is 5.52. The molecule has 2 fully saturated rings. The Morgan fingerprint density at radius 1 is 1.62 bits per heavy atom. The number of hydrogen-bond donors (Lipinski definition) is 0. The molecule has 1 aromatic rings. The summed E-state index contributed by atoms with van der Waals surface area (Å²) >= 11 is 1.73. The van der Waals surface area contributed by atoms with Gasteiger partial charge in [0, 0.05) is 24.7 Å². The molecule has 3 rings (SSSR count). The molecule has 3 heteroatoms. The highest BCUT2D eigenvalue weighted by atomic mass is 32.1. The Morgan fingerprint density at radius 3 is 3.23 bits per heavy atom. The monoisotopic (exact) mass is 192 g/mol. The van der Waals surface area contributed by atoms with Crippen LogP contribution in [-0.2, 0) is 0 Å². The third-order valence-corrected chi connectivity index (χ3v) is 3.69. The molecule has 2 nitrogen and oxygen atoms in total. The first kappa shape index (κ1) is 7.71. The first-order valence-corrected chi connectivity index (χ1v) is 5.62. The predicted octanol–water partition coefficient (Wildman–Crippen LogP) is 1.86. The standard InChI is InChI=1S/C10H12N2S/c1-3-12-6-8(1)9(7-12)5-10-11-2-4-13-10/h2,4-5,8H,1,3,6-7H2/b9-5-. The molecule has 0 radical (unpaired) electrons. The maximum atomic E-state index is 4.29. The molecule has 1 aromatic heterocycles. The van der Waals surface area contributed by atoms with Gasteiger partial charge in [0.15, 0.2) is 0 Å². The van der Waals surface area contributed by atoms with Crippen molar-refractivity contribution in [3.8, 4) is 0 Å². The highest BCUT2D eigenvalue weighted by molar-refractivity contribution is 7.10. The lowest BCUT2D eigenvalue weighted by Crippen LogP contribution is -2.17. The van der Waals surface area contributed by atoms with Crippen molar-refractivity contribution in [3.05, 3.63) is 22.2 Å². The van der Waals surface area contributed by atoms with Gasteiger partial charge in [0.2, 0.25) is 0 Å². The second-order valence-electron chi connectivity index (χ2n) is 3.81. The van der Waals surface area contributed by atoms with E-state index < -0.39 is 0 Å². The van der Waals surface area contributed by atoms with Crippen LogP contribution in [0.4, 0.5) is 0 Å². The predicted molar refractivity (Wildman–Crippen MR) is 54.6 cm³/mol. The van der Waals surface area contributed by atoms with E-state index in [2.05, 4.69) is 16.0 Å². The summed E-state index contributed by atoms with van der Waals surface area (Å²) in [4.78, 5) is 6.82. The SMILES string of the molecule is C(=C1\CN2CCC1C2)/c1nccs1. The van der Waals surface area contributed by atoms with Crippen molar-refractivity contribution in [1.82, 2.24) is 9.88 Å². The topological polar surface area (TPSA) is 16.1 Å². The Labute approximate surface area is 81.9 Å². The summed E-state index contributed by atoms with van der Waals surface area (Å²) in [5.74, 6) is 0.837. The van der Waals surface area contributed by atoms with E-state index in [1.165, 1.54) is 31.1 Å². The van der Waals surface area contributed by atoms with Gasteiger partial charge in [0.1, 0.15) is 5.01 Å². The quantitative estimate of drug-likeness (QED) is 0.675. The van der Waals surface area contributed by atoms with Crippen molar-refractivity contribution in [2.45, 2.75) is 6.42 Å². The summed E-state index contributed by atoms with van der Waals surface area (Å²) < 4.78 is 0. The minimum Gasteiger partial charge on any atom is -0.299 e. The van der Waals surface area contributed by atoms with E-state index in [1.54, 1.807) is 16.9 Å². The summed E-state index contributed by atoms with van der Waals surface area (Å²) in [7, 11) is 0. The normalized spacial score (nSPS) is 34.6. The van der Waals surface area contributed by atoms with Gasteiger partial charge in [-0.2, -0.15) is 0 Å². The lowest BCUT2D eigenvalue weighted by atomic mass is 9.99. The Balaban J connectivity index is 1.86. The van der Waals surface area contributed by atoms with E-state index in [1.807, 2.05) is 11.6 Å². The lowest BCUT2D eigenvalue weighted by molar-refractivity contribution is 0.393. The van der Waals surface area contributed by atoms with Crippen LogP contribution in [-0.4, -0.2) is 29.5 Å². The number of piperidine rings is 1. The van der Waals surface area contributed by atoms with Crippen LogP contribution in [0.2, 0.25) is 0 Å². The van der Waals surface area contributed by atoms with Gasteiger partial charge in [-0.15, -0.1) is 11.3 Å². The van der Waals surface area contributed by atoms with Gasteiger partial charge in [0.05, 0.1) is 0 Å². The second kappa shape index (κ2) is 2.93. The summed E-state index contributed by atoms with van der Waals surface area (Å²) in [6.45, 7) is 3.78. The van der Waals surface area contributed by atoms with E-state index in [9.17, 15) is 0 Å². The Morgan fingerprint density at radius 2 is 2.62 bits per heavy atom. The van der Waals surface area contributed by atoms with Gasteiger partial charge in [-0.25, -0.2) is 4.98 Å². The summed E-state index contributed by atoms with van der Waals surface area (Å²) in [5.41, 5.74) is 1.60. The van der Waals surface area contributed by atoms with E-state index in [0.29, 0.717) is 0 Å². The van der Waals surface area contributed by atoms with Gasteiger partial charge < -0.3 is 0 Å². The number of aromatic nitrogens is 1. The fourth-order valence-electron chi connectivity index (χ4n) is 2.29. The average Bonchev–Trinajstić information content (AvgIpc) is 2.77. The van der Waals surface area contributed by atoms with Crippen LogP contribution in [0.1, 0.15) is 11.4 Å². The summed E-state index contributed by atoms with van der Waals surface area (Å²) in [5, 5.41) is 3.21. The first-order valence-electron chi connectivity index (χ1n) is 4.74. The maximum Gasteiger partial charge on any atom is 0.116 e. The molecule has 0 amide bonds. The zero-order valence-electron chi connectivity index (χ0n) is 7.44. The first-order chi connectivity index (χ1) is 6.42. The van der Waals surface area contributed by atoms with Crippen LogP contribution in [0.5, 0.6) is 0 Å². The van der Waals surface area contributed by atoms with Crippen LogP contribution in [0.25, 0.3) is 6.08 Å². The molecule has 68 valence electrons. The molecule has 2 saturated heterocycles. The Kier molecular flexibility index (Phi) is 1.73. The highest BCUT2D eigenvalue weighted by Gasteiger charge is 2.33. The van der Waals surface area contributed by atoms with Crippen molar-refractivity contribution in [2.75, 3.05) is 19.6 Å². The molecule has 13 heavy (non-hydrogen) atoms. The third-order valence-electron chi connectivity index (χ3n) is 2.96. The Bertz CT molecular complexity index is 329. The fourth-order valence-corrected chi connectivity index (χ4v) is 2.90. The number of rotatable bonds is 1. The third kappa shape index (κ3) is 1.32. The molecule has 2 atom stereocenters. The molecule has 0 spiro atoms. The average molecular weight is 192 g/mol. The van der Waals surface area contributed by atoms with Crippen LogP contribution >= 0.6 is 11.3 Å². The van der Waals surface area contributed by atoms with Crippen molar-refractivity contribution >= 4 is 17.4 Å². The zero-order valence-corrected chi connectivity index (χ0v) is 8.26. The summed E-state index contributed by atoms with van der Waals surface area (Å²) in [6, 6.07) is 0. The fraction of sp³-hybridized carbons (Fsp3) is 0.500. The molecule has 0 aliphatic carbocycles. The van der Waals surface area contributed by atoms with E-state index in [-0.39, 0.29) is 0 Å². The smallest absolute Gasteiger partial charge is 0.116 e. The minimum absolute atomic E-state index is 0.837. The van der Waals surface area contributed by atoms with E-state index in [0.717, 1.165) is 5.92 Å². The largest absolute Gasteiger partial charge is 0.299 e. The van der Waals surface area contributed by atoms with Gasteiger partial charge in [-0.3, -0.25) is 4.90 Å². The number of nitrogens with zero attached hydrogens (tertiary/aromatic N) is 2. The number of fused-ring (bicyclic) bond motifs is 2. The zero-order chi connectivity index (χ0) is 8.67. The minimum atomic E-state index is 0.837. The molecule has 0 saturated carbocycles. The molecular weight excluding hydrogens is 180 g/mol. The lowest BCUT2D eigenvalue weighted by Gasteiger charge is -2.13. The van der Waals surface area contributed by atoms with Gasteiger partial charge >= 0.3 is 0 Å². The maximum absolute atomic E-state index is 4.29. The molecule has 0 N–H and O–H groups in total. The molecule has 2 aliphatic rings. The molecule has 2 aliphatic heterocycles. The van der Waals surface area contributed by atoms with E-state index >= 15 is 0 Å². The number of thiazole rings is 1. The van der Waals surface area contributed by atoms with Crippen LogP contribution in [0, 0.1) is 5.92 Å². The van der Waals surface area contributed by atoms with Gasteiger partial charge in [-0.1, -0.05) is 0 Å². The number of hydrogen-bond acceptors (Lipinski definition) is 3. The Hall–Kier alpha value is -0.670. The van der Waals surface area contributed by atoms with Gasteiger partial charge in [-0.05, 0) is 30.5 Å². The second-order valence-corrected chi connectivity index (χ2v) is 4.74. The molecule has 3 heterocycles. The van der Waals surface area contributed by atoms with Crippen molar-refractivity contribution in [3.63, 3.8) is 0 Å².